The van der Waals surface area contributed by atoms with Crippen LogP contribution in [-0.2, 0) is 16.1 Å². The summed E-state index contributed by atoms with van der Waals surface area (Å²) in [6.45, 7) is 2.11. The predicted octanol–water partition coefficient (Wildman–Crippen LogP) is 4.82. The lowest BCUT2D eigenvalue weighted by Gasteiger charge is -2.26. The predicted molar refractivity (Wildman–Crippen MR) is 143 cm³/mol. The second-order valence-electron chi connectivity index (χ2n) is 9.05. The summed E-state index contributed by atoms with van der Waals surface area (Å²) in [6, 6.07) is 15.0. The number of aromatic nitrogens is 1. The highest BCUT2D eigenvalue weighted by Crippen LogP contribution is 2.35. The summed E-state index contributed by atoms with van der Waals surface area (Å²) in [7, 11) is 0. The lowest BCUT2D eigenvalue weighted by atomic mass is 9.99. The number of furan rings is 1. The van der Waals surface area contributed by atoms with Gasteiger partial charge in [-0.2, -0.15) is 0 Å². The molecule has 0 atom stereocenters. The van der Waals surface area contributed by atoms with E-state index in [1.165, 1.54) is 18.3 Å². The molecule has 8 nitrogen and oxygen atoms in total. The number of anilines is 1. The van der Waals surface area contributed by atoms with Crippen molar-refractivity contribution in [2.45, 2.75) is 13.0 Å². The topological polar surface area (TPSA) is 111 Å². The van der Waals surface area contributed by atoms with Gasteiger partial charge in [0.15, 0.2) is 0 Å². The average molecular weight is 533 g/mol. The number of hydrogen-bond donors (Lipinski definition) is 2. The molecule has 0 aliphatic carbocycles. The molecule has 39 heavy (non-hydrogen) atoms. The largest absolute Gasteiger partial charge is 0.459 e. The minimum atomic E-state index is -2.76. The van der Waals surface area contributed by atoms with Crippen LogP contribution in [0.25, 0.3) is 28.2 Å². The molecule has 3 heterocycles. The van der Waals surface area contributed by atoms with Gasteiger partial charge in [-0.05, 0) is 65.2 Å². The number of ether oxygens (including phenoxy) is 1. The van der Waals surface area contributed by atoms with E-state index in [4.69, 9.17) is 14.9 Å². The van der Waals surface area contributed by atoms with E-state index in [1.807, 2.05) is 0 Å². The Balaban J connectivity index is 1.32. The summed E-state index contributed by atoms with van der Waals surface area (Å²) in [5, 5.41) is 3.17. The fourth-order valence-electron chi connectivity index (χ4n) is 4.32. The number of nitrogen functional groups attached to an aromatic ring is 1. The number of alkyl halides is 2. The van der Waals surface area contributed by atoms with Crippen molar-refractivity contribution in [3.8, 4) is 11.1 Å². The number of nitrogens with two attached hydrogens (primary N) is 1. The standard InChI is InChI=1S/C29H26F2N4O4/c30-28(31)24-15-21(19-3-5-20(6-4-19)29(37)35-9-11-38-12-10-35)13-22-14-23(39-27(22)24)17-34-26(36)8-2-18-1-7-25(32)33-16-18/h1-8,13-16,28H,9-12,17H2,(H2,32,33)(H,34,36)/b8-2+. The summed E-state index contributed by atoms with van der Waals surface area (Å²) in [5.74, 6) is 0.249. The van der Waals surface area contributed by atoms with E-state index in [1.54, 1.807) is 59.5 Å². The number of benzene rings is 2. The van der Waals surface area contributed by atoms with Crippen molar-refractivity contribution in [2.75, 3.05) is 32.0 Å². The molecule has 2 aromatic carbocycles. The number of nitrogens with one attached hydrogen (secondary N) is 1. The number of amides is 2. The molecule has 2 amide bonds. The van der Waals surface area contributed by atoms with E-state index >= 15 is 0 Å². The van der Waals surface area contributed by atoms with E-state index in [0.717, 1.165) is 0 Å². The second-order valence-corrected chi connectivity index (χ2v) is 9.05. The third-order valence-corrected chi connectivity index (χ3v) is 6.37. The first-order valence-corrected chi connectivity index (χ1v) is 12.4. The van der Waals surface area contributed by atoms with Crippen LogP contribution in [0, 0.1) is 0 Å². The lowest BCUT2D eigenvalue weighted by Crippen LogP contribution is -2.40. The van der Waals surface area contributed by atoms with Gasteiger partial charge in [0.25, 0.3) is 12.3 Å². The van der Waals surface area contributed by atoms with Gasteiger partial charge in [0.2, 0.25) is 5.91 Å². The summed E-state index contributed by atoms with van der Waals surface area (Å²) < 4.78 is 38.9. The SMILES string of the molecule is Nc1ccc(/C=C/C(=O)NCc2cc3cc(-c4ccc(C(=O)N5CCOCC5)cc4)cc(C(F)F)c3o2)cn1. The van der Waals surface area contributed by atoms with E-state index in [-0.39, 0.29) is 29.5 Å². The highest BCUT2D eigenvalue weighted by molar-refractivity contribution is 5.95. The number of rotatable bonds is 7. The molecule has 4 aromatic rings. The maximum atomic E-state index is 14.0. The first kappa shape index (κ1) is 26.1. The van der Waals surface area contributed by atoms with Crippen LogP contribution in [0.4, 0.5) is 14.6 Å². The Bertz CT molecular complexity index is 1510. The fourth-order valence-corrected chi connectivity index (χ4v) is 4.32. The third kappa shape index (κ3) is 6.12. The van der Waals surface area contributed by atoms with Gasteiger partial charge >= 0.3 is 0 Å². The molecule has 200 valence electrons. The van der Waals surface area contributed by atoms with Gasteiger partial charge in [-0.25, -0.2) is 13.8 Å². The molecule has 1 aliphatic heterocycles. The van der Waals surface area contributed by atoms with E-state index in [9.17, 15) is 18.4 Å². The number of morpholine rings is 1. The number of pyridine rings is 1. The van der Waals surface area contributed by atoms with Crippen LogP contribution >= 0.6 is 0 Å². The van der Waals surface area contributed by atoms with Crippen molar-refractivity contribution in [2.24, 2.45) is 0 Å². The van der Waals surface area contributed by atoms with Crippen LogP contribution in [-0.4, -0.2) is 48.0 Å². The molecular formula is C29H26F2N4O4. The second kappa shape index (κ2) is 11.4. The molecule has 0 spiro atoms. The van der Waals surface area contributed by atoms with Crippen molar-refractivity contribution in [1.29, 1.82) is 0 Å². The van der Waals surface area contributed by atoms with E-state index < -0.39 is 6.43 Å². The molecule has 0 radical (unpaired) electrons. The number of nitrogens with zero attached hydrogens (tertiary/aromatic N) is 2. The first-order chi connectivity index (χ1) is 18.9. The number of hydrogen-bond acceptors (Lipinski definition) is 6. The molecule has 3 N–H and O–H groups in total. The summed E-state index contributed by atoms with van der Waals surface area (Å²) >= 11 is 0. The normalized spacial score (nSPS) is 13.9. The number of halogens is 2. The molecule has 1 saturated heterocycles. The Labute approximate surface area is 223 Å². The number of fused-ring (bicyclic) bond motifs is 1. The van der Waals surface area contributed by atoms with Crippen molar-refractivity contribution in [3.63, 3.8) is 0 Å². The van der Waals surface area contributed by atoms with Gasteiger partial charge in [-0.1, -0.05) is 12.1 Å². The molecular weight excluding hydrogens is 506 g/mol. The molecule has 5 rings (SSSR count). The Morgan fingerprint density at radius 1 is 1.05 bits per heavy atom. The van der Waals surface area contributed by atoms with Crippen LogP contribution < -0.4 is 11.1 Å². The van der Waals surface area contributed by atoms with Crippen LogP contribution in [0.3, 0.4) is 0 Å². The van der Waals surface area contributed by atoms with Crippen LogP contribution in [0.2, 0.25) is 0 Å². The highest BCUT2D eigenvalue weighted by Gasteiger charge is 2.20. The van der Waals surface area contributed by atoms with Crippen LogP contribution in [0.1, 0.15) is 33.7 Å². The van der Waals surface area contributed by atoms with E-state index in [0.29, 0.717) is 65.5 Å². The Morgan fingerprint density at radius 2 is 1.82 bits per heavy atom. The van der Waals surface area contributed by atoms with E-state index in [2.05, 4.69) is 10.3 Å². The van der Waals surface area contributed by atoms with Gasteiger partial charge in [0, 0.05) is 36.3 Å². The summed E-state index contributed by atoms with van der Waals surface area (Å²) in [5.41, 5.74) is 7.87. The quantitative estimate of drug-likeness (QED) is 0.331. The highest BCUT2D eigenvalue weighted by atomic mass is 19.3. The zero-order valence-electron chi connectivity index (χ0n) is 20.9. The third-order valence-electron chi connectivity index (χ3n) is 6.37. The number of carbonyl (C=O) groups is 2. The monoisotopic (exact) mass is 532 g/mol. The molecule has 1 fully saturated rings. The zero-order valence-corrected chi connectivity index (χ0v) is 20.9. The molecule has 2 aromatic heterocycles. The van der Waals surface area contributed by atoms with Crippen molar-refractivity contribution in [1.82, 2.24) is 15.2 Å². The Kier molecular flexibility index (Phi) is 7.64. The van der Waals surface area contributed by atoms with Gasteiger partial charge in [-0.3, -0.25) is 9.59 Å². The maximum absolute atomic E-state index is 14.0. The minimum Gasteiger partial charge on any atom is -0.459 e. The van der Waals surface area contributed by atoms with Crippen molar-refractivity contribution in [3.05, 3.63) is 89.3 Å². The number of carbonyl (C=O) groups excluding carboxylic acids is 2. The minimum absolute atomic E-state index is 0.0220. The summed E-state index contributed by atoms with van der Waals surface area (Å²) in [6.07, 6.45) is 1.70. The van der Waals surface area contributed by atoms with Crippen LogP contribution in [0.5, 0.6) is 0 Å². The van der Waals surface area contributed by atoms with Crippen molar-refractivity contribution < 1.29 is 27.5 Å². The van der Waals surface area contributed by atoms with Crippen molar-refractivity contribution >= 4 is 34.7 Å². The fraction of sp³-hybridized carbons (Fsp3) is 0.207. The summed E-state index contributed by atoms with van der Waals surface area (Å²) in [4.78, 5) is 30.6. The Morgan fingerprint density at radius 3 is 2.51 bits per heavy atom. The van der Waals surface area contributed by atoms with Gasteiger partial charge in [-0.15, -0.1) is 0 Å². The van der Waals surface area contributed by atoms with Gasteiger partial charge in [0.05, 0.1) is 25.3 Å². The van der Waals surface area contributed by atoms with Gasteiger partial charge < -0.3 is 25.1 Å². The average Bonchev–Trinajstić information content (AvgIpc) is 3.38. The molecule has 1 aliphatic rings. The molecule has 0 bridgehead atoms. The Hall–Kier alpha value is -4.57. The van der Waals surface area contributed by atoms with Gasteiger partial charge in [0.1, 0.15) is 17.2 Å². The molecule has 0 saturated carbocycles. The van der Waals surface area contributed by atoms with Crippen LogP contribution in [0.15, 0.2) is 71.3 Å². The molecule has 0 unspecified atom stereocenters. The zero-order chi connectivity index (χ0) is 27.4. The maximum Gasteiger partial charge on any atom is 0.267 e. The first-order valence-electron chi connectivity index (χ1n) is 12.4. The lowest BCUT2D eigenvalue weighted by molar-refractivity contribution is -0.116. The smallest absolute Gasteiger partial charge is 0.267 e. The molecule has 10 heteroatoms.